The SMILES string of the molecule is CCC(CC)C(=O)N1CCC(NC(=NC)NCc2ccc(C#N)cc2F)CC1. The summed E-state index contributed by atoms with van der Waals surface area (Å²) in [6, 6.07) is 6.59. The molecule has 1 saturated heterocycles. The molecule has 1 heterocycles. The molecule has 2 N–H and O–H groups in total. The predicted octanol–water partition coefficient (Wildman–Crippen LogP) is 2.79. The number of carbonyl (C=O) groups is 1. The van der Waals surface area contributed by atoms with Crippen LogP contribution in [0.2, 0.25) is 0 Å². The minimum Gasteiger partial charge on any atom is -0.354 e. The smallest absolute Gasteiger partial charge is 0.225 e. The fraction of sp³-hybridized carbons (Fsp3) is 0.571. The molecular weight excluding hydrogens is 357 g/mol. The number of guanidine groups is 1. The zero-order chi connectivity index (χ0) is 20.5. The molecule has 1 aliphatic rings. The van der Waals surface area contributed by atoms with Crippen LogP contribution in [-0.4, -0.2) is 42.9 Å². The lowest BCUT2D eigenvalue weighted by atomic mass is 9.98. The van der Waals surface area contributed by atoms with Gasteiger partial charge in [0.2, 0.25) is 5.91 Å². The number of hydrogen-bond acceptors (Lipinski definition) is 3. The minimum absolute atomic E-state index is 0.126. The topological polar surface area (TPSA) is 80.5 Å². The number of likely N-dealkylation sites (tertiary alicyclic amines) is 1. The Bertz CT molecular complexity index is 731. The van der Waals surface area contributed by atoms with Gasteiger partial charge in [0.1, 0.15) is 5.82 Å². The van der Waals surface area contributed by atoms with E-state index in [2.05, 4.69) is 29.5 Å². The highest BCUT2D eigenvalue weighted by Gasteiger charge is 2.26. The number of nitriles is 1. The van der Waals surface area contributed by atoms with Gasteiger partial charge in [-0.3, -0.25) is 9.79 Å². The summed E-state index contributed by atoms with van der Waals surface area (Å²) in [5, 5.41) is 15.3. The molecule has 7 heteroatoms. The highest BCUT2D eigenvalue weighted by molar-refractivity contribution is 5.80. The number of halogens is 1. The number of aliphatic imine (C=N–C) groups is 1. The molecule has 1 aromatic rings. The first-order valence-corrected chi connectivity index (χ1v) is 9.96. The van der Waals surface area contributed by atoms with Gasteiger partial charge in [0, 0.05) is 44.2 Å². The number of nitrogens with one attached hydrogen (secondary N) is 2. The van der Waals surface area contributed by atoms with Gasteiger partial charge in [-0.15, -0.1) is 0 Å². The van der Waals surface area contributed by atoms with Crippen LogP contribution < -0.4 is 10.6 Å². The van der Waals surface area contributed by atoms with E-state index in [1.54, 1.807) is 19.2 Å². The number of hydrogen-bond donors (Lipinski definition) is 2. The summed E-state index contributed by atoms with van der Waals surface area (Å²) in [6.45, 7) is 5.89. The number of amides is 1. The number of rotatable bonds is 6. The highest BCUT2D eigenvalue weighted by Crippen LogP contribution is 2.17. The quantitative estimate of drug-likeness (QED) is 0.581. The summed E-state index contributed by atoms with van der Waals surface area (Å²) < 4.78 is 14.0. The first-order valence-electron chi connectivity index (χ1n) is 9.96. The molecule has 28 heavy (non-hydrogen) atoms. The van der Waals surface area contributed by atoms with Gasteiger partial charge in [-0.05, 0) is 37.8 Å². The Kier molecular flexibility index (Phi) is 8.24. The summed E-state index contributed by atoms with van der Waals surface area (Å²) in [6.07, 6.45) is 3.49. The summed E-state index contributed by atoms with van der Waals surface area (Å²) in [5.41, 5.74) is 0.783. The van der Waals surface area contributed by atoms with Gasteiger partial charge in [-0.1, -0.05) is 19.9 Å². The molecule has 0 unspecified atom stereocenters. The van der Waals surface area contributed by atoms with Crippen LogP contribution >= 0.6 is 0 Å². The zero-order valence-corrected chi connectivity index (χ0v) is 17.0. The maximum Gasteiger partial charge on any atom is 0.225 e. The molecule has 6 nitrogen and oxygen atoms in total. The maximum atomic E-state index is 14.0. The Balaban J connectivity index is 1.83. The lowest BCUT2D eigenvalue weighted by Gasteiger charge is -2.34. The number of nitrogens with zero attached hydrogens (tertiary/aromatic N) is 3. The molecule has 1 aromatic carbocycles. The van der Waals surface area contributed by atoms with E-state index in [0.29, 0.717) is 17.1 Å². The molecule has 1 aliphatic heterocycles. The molecular formula is C21H30FN5O. The van der Waals surface area contributed by atoms with Crippen molar-refractivity contribution in [2.75, 3.05) is 20.1 Å². The maximum absolute atomic E-state index is 14.0. The standard InChI is InChI=1S/C21H30FN5O/c1-4-16(5-2)20(28)27-10-8-18(9-11-27)26-21(24-3)25-14-17-7-6-15(13-23)12-19(17)22/h6-7,12,16,18H,4-5,8-11,14H2,1-3H3,(H2,24,25,26). The first kappa shape index (κ1) is 21.7. The Morgan fingerprint density at radius 3 is 2.57 bits per heavy atom. The van der Waals surface area contributed by atoms with Crippen molar-refractivity contribution in [1.82, 2.24) is 15.5 Å². The van der Waals surface area contributed by atoms with Gasteiger partial charge in [0.05, 0.1) is 11.6 Å². The van der Waals surface area contributed by atoms with Crippen molar-refractivity contribution in [3.05, 3.63) is 35.1 Å². The van der Waals surface area contributed by atoms with E-state index in [0.717, 1.165) is 38.8 Å². The molecule has 0 saturated carbocycles. The van der Waals surface area contributed by atoms with E-state index in [-0.39, 0.29) is 24.4 Å². The molecule has 0 bridgehead atoms. The number of benzene rings is 1. The summed E-state index contributed by atoms with van der Waals surface area (Å²) in [7, 11) is 1.68. The van der Waals surface area contributed by atoms with E-state index in [9.17, 15) is 9.18 Å². The molecule has 0 aliphatic carbocycles. The Morgan fingerprint density at radius 1 is 1.36 bits per heavy atom. The molecule has 0 atom stereocenters. The Labute approximate surface area is 166 Å². The summed E-state index contributed by atoms with van der Waals surface area (Å²) in [5.74, 6) is 0.590. The van der Waals surface area contributed by atoms with Gasteiger partial charge in [0.25, 0.3) is 0 Å². The van der Waals surface area contributed by atoms with Crippen LogP contribution in [0.1, 0.15) is 50.7 Å². The molecule has 0 spiro atoms. The Morgan fingerprint density at radius 2 is 2.04 bits per heavy atom. The van der Waals surface area contributed by atoms with Crippen LogP contribution in [0.25, 0.3) is 0 Å². The first-order chi connectivity index (χ1) is 13.5. The molecule has 1 amide bonds. The normalized spacial score (nSPS) is 15.4. The second-order valence-corrected chi connectivity index (χ2v) is 7.10. The van der Waals surface area contributed by atoms with E-state index >= 15 is 0 Å². The minimum atomic E-state index is -0.407. The lowest BCUT2D eigenvalue weighted by Crippen LogP contribution is -2.50. The molecule has 0 radical (unpaired) electrons. The number of piperidine rings is 1. The predicted molar refractivity (Wildman–Crippen MR) is 108 cm³/mol. The van der Waals surface area contributed by atoms with E-state index < -0.39 is 5.82 Å². The second kappa shape index (κ2) is 10.6. The fourth-order valence-electron chi connectivity index (χ4n) is 3.47. The largest absolute Gasteiger partial charge is 0.354 e. The van der Waals surface area contributed by atoms with Crippen LogP contribution in [0, 0.1) is 23.1 Å². The van der Waals surface area contributed by atoms with Crippen molar-refractivity contribution in [2.24, 2.45) is 10.9 Å². The third-order valence-corrected chi connectivity index (χ3v) is 5.33. The van der Waals surface area contributed by atoms with Crippen molar-refractivity contribution in [2.45, 2.75) is 52.1 Å². The van der Waals surface area contributed by atoms with E-state index in [1.807, 2.05) is 11.0 Å². The van der Waals surface area contributed by atoms with Crippen molar-refractivity contribution in [1.29, 1.82) is 5.26 Å². The molecule has 152 valence electrons. The fourth-order valence-corrected chi connectivity index (χ4v) is 3.47. The average Bonchev–Trinajstić information content (AvgIpc) is 2.73. The van der Waals surface area contributed by atoms with Crippen LogP contribution in [0.15, 0.2) is 23.2 Å². The molecule has 2 rings (SSSR count). The van der Waals surface area contributed by atoms with E-state index in [4.69, 9.17) is 5.26 Å². The number of carbonyl (C=O) groups excluding carboxylic acids is 1. The molecule has 1 fully saturated rings. The summed E-state index contributed by atoms with van der Waals surface area (Å²) >= 11 is 0. The van der Waals surface area contributed by atoms with E-state index in [1.165, 1.54) is 6.07 Å². The zero-order valence-electron chi connectivity index (χ0n) is 17.0. The van der Waals surface area contributed by atoms with Gasteiger partial charge < -0.3 is 15.5 Å². The van der Waals surface area contributed by atoms with Crippen LogP contribution in [-0.2, 0) is 11.3 Å². The summed E-state index contributed by atoms with van der Waals surface area (Å²) in [4.78, 5) is 18.7. The third kappa shape index (κ3) is 5.69. The second-order valence-electron chi connectivity index (χ2n) is 7.10. The van der Waals surface area contributed by atoms with Crippen molar-refractivity contribution in [3.63, 3.8) is 0 Å². The van der Waals surface area contributed by atoms with Crippen LogP contribution in [0.4, 0.5) is 4.39 Å². The van der Waals surface area contributed by atoms with Gasteiger partial charge in [-0.2, -0.15) is 5.26 Å². The van der Waals surface area contributed by atoms with Crippen molar-refractivity contribution >= 4 is 11.9 Å². The van der Waals surface area contributed by atoms with Gasteiger partial charge in [0.15, 0.2) is 5.96 Å². The monoisotopic (exact) mass is 387 g/mol. The highest BCUT2D eigenvalue weighted by atomic mass is 19.1. The van der Waals surface area contributed by atoms with Crippen LogP contribution in [0.5, 0.6) is 0 Å². The molecule has 0 aromatic heterocycles. The van der Waals surface area contributed by atoms with Crippen molar-refractivity contribution in [3.8, 4) is 6.07 Å². The van der Waals surface area contributed by atoms with Crippen LogP contribution in [0.3, 0.4) is 0 Å². The lowest BCUT2D eigenvalue weighted by molar-refractivity contribution is -0.136. The average molecular weight is 388 g/mol. The third-order valence-electron chi connectivity index (χ3n) is 5.33. The van der Waals surface area contributed by atoms with Gasteiger partial charge >= 0.3 is 0 Å². The van der Waals surface area contributed by atoms with Crippen molar-refractivity contribution < 1.29 is 9.18 Å². The Hall–Kier alpha value is -2.62. The van der Waals surface area contributed by atoms with Gasteiger partial charge in [-0.25, -0.2) is 4.39 Å².